The van der Waals surface area contributed by atoms with E-state index < -0.39 is 6.61 Å². The number of nitrogens with one attached hydrogen (secondary N) is 1. The van der Waals surface area contributed by atoms with Gasteiger partial charge in [-0.15, -0.1) is 10.2 Å². The summed E-state index contributed by atoms with van der Waals surface area (Å²) >= 11 is 0. The van der Waals surface area contributed by atoms with Gasteiger partial charge in [-0.25, -0.2) is 14.2 Å². The molecule has 10 heteroatoms. The maximum absolute atomic E-state index is 12.3. The van der Waals surface area contributed by atoms with Gasteiger partial charge in [0, 0.05) is 24.8 Å². The third-order valence-corrected chi connectivity index (χ3v) is 5.64. The van der Waals surface area contributed by atoms with E-state index in [1.54, 1.807) is 15.4 Å². The highest BCUT2D eigenvalue weighted by Gasteiger charge is 2.24. The van der Waals surface area contributed by atoms with Gasteiger partial charge in [-0.3, -0.25) is 0 Å². The molecule has 156 valence electrons. The van der Waals surface area contributed by atoms with E-state index in [2.05, 4.69) is 36.5 Å². The van der Waals surface area contributed by atoms with Gasteiger partial charge in [-0.1, -0.05) is 11.3 Å². The van der Waals surface area contributed by atoms with E-state index in [0.29, 0.717) is 18.8 Å². The number of benzene rings is 1. The molecule has 5 rings (SSSR count). The molecule has 0 unspecified atom stereocenters. The molecule has 3 aromatic heterocycles. The van der Waals surface area contributed by atoms with E-state index in [-0.39, 0.29) is 12.1 Å². The molecule has 1 saturated carbocycles. The first-order valence-corrected chi connectivity index (χ1v) is 9.91. The smallest absolute Gasteiger partial charge is 0.345 e. The molecule has 8 nitrogen and oxygen atoms in total. The Kier molecular flexibility index (Phi) is 4.78. The second-order valence-electron chi connectivity index (χ2n) is 7.57. The minimum atomic E-state index is -2.71. The minimum absolute atomic E-state index is 0.148. The number of rotatable bonds is 5. The number of alkyl halides is 2. The van der Waals surface area contributed by atoms with Crippen LogP contribution in [0.25, 0.3) is 27.7 Å². The molecular weight excluding hydrogens is 392 g/mol. The number of aromatic nitrogens is 6. The van der Waals surface area contributed by atoms with E-state index in [4.69, 9.17) is 0 Å². The Balaban J connectivity index is 1.33. The number of nitrogens with zero attached hydrogens (tertiary/aromatic N) is 6. The number of aryl methyl sites for hydroxylation is 1. The average Bonchev–Trinajstić information content (AvgIpc) is 3.32. The van der Waals surface area contributed by atoms with Gasteiger partial charge in [0.15, 0.2) is 0 Å². The second-order valence-corrected chi connectivity index (χ2v) is 7.57. The number of hydrogen-bond acceptors (Lipinski definition) is 6. The van der Waals surface area contributed by atoms with Crippen molar-refractivity contribution in [1.82, 2.24) is 29.6 Å². The number of fused-ring (bicyclic) bond motifs is 2. The summed E-state index contributed by atoms with van der Waals surface area (Å²) in [5.41, 5.74) is 4.76. The van der Waals surface area contributed by atoms with Crippen molar-refractivity contribution < 1.29 is 13.5 Å². The van der Waals surface area contributed by atoms with Crippen LogP contribution in [0.15, 0.2) is 36.7 Å². The van der Waals surface area contributed by atoms with Crippen molar-refractivity contribution in [3.63, 3.8) is 0 Å². The number of hydrogen-bond donors (Lipinski definition) is 1. The quantitative estimate of drug-likeness (QED) is 0.538. The molecule has 0 saturated heterocycles. The van der Waals surface area contributed by atoms with Crippen LogP contribution < -0.4 is 5.32 Å². The summed E-state index contributed by atoms with van der Waals surface area (Å²) in [6, 6.07) is 8.17. The highest BCUT2D eigenvalue weighted by Crippen LogP contribution is 2.28. The van der Waals surface area contributed by atoms with Crippen molar-refractivity contribution in [1.29, 1.82) is 0 Å². The highest BCUT2D eigenvalue weighted by atomic mass is 19.3. The van der Waals surface area contributed by atoms with Gasteiger partial charge in [-0.05, 0) is 49.4 Å². The summed E-state index contributed by atoms with van der Waals surface area (Å²) in [5.74, 6) is 0.522. The van der Waals surface area contributed by atoms with E-state index in [9.17, 15) is 8.78 Å². The fourth-order valence-electron chi connectivity index (χ4n) is 4.08. The van der Waals surface area contributed by atoms with Crippen LogP contribution >= 0.6 is 0 Å². The number of halogens is 2. The first-order valence-electron chi connectivity index (χ1n) is 9.91. The van der Waals surface area contributed by atoms with Crippen LogP contribution in [0.3, 0.4) is 0 Å². The van der Waals surface area contributed by atoms with E-state index >= 15 is 0 Å². The standard InChI is InChI=1S/C20H21F2N7O/c1-28-17-10-12(2-7-16(17)25-27-28)15-8-9-29-18(15)11-23-20(26-29)24-13-3-5-14(6-4-13)30-19(21)22/h2,7-11,13-14,19H,3-6H2,1H3,(H,24,26)/t13-,14-. The van der Waals surface area contributed by atoms with Gasteiger partial charge < -0.3 is 10.1 Å². The van der Waals surface area contributed by atoms with E-state index in [1.165, 1.54) is 0 Å². The normalized spacial score (nSPS) is 19.7. The largest absolute Gasteiger partial charge is 0.350 e. The van der Waals surface area contributed by atoms with Crippen molar-refractivity contribution in [3.05, 3.63) is 36.7 Å². The Morgan fingerprint density at radius 1 is 1.13 bits per heavy atom. The van der Waals surface area contributed by atoms with Crippen LogP contribution in [0.4, 0.5) is 14.7 Å². The molecule has 0 atom stereocenters. The molecule has 0 radical (unpaired) electrons. The van der Waals surface area contributed by atoms with Crippen LogP contribution in [0.5, 0.6) is 0 Å². The Labute approximate surface area is 170 Å². The summed E-state index contributed by atoms with van der Waals surface area (Å²) in [4.78, 5) is 4.47. The Morgan fingerprint density at radius 2 is 1.97 bits per heavy atom. The zero-order valence-corrected chi connectivity index (χ0v) is 16.4. The van der Waals surface area contributed by atoms with Crippen molar-refractivity contribution in [2.75, 3.05) is 5.32 Å². The maximum atomic E-state index is 12.3. The lowest BCUT2D eigenvalue weighted by molar-refractivity contribution is -0.169. The predicted octanol–water partition coefficient (Wildman–Crippen LogP) is 3.64. The number of ether oxygens (including phenoxy) is 1. The van der Waals surface area contributed by atoms with Crippen LogP contribution in [0, 0.1) is 0 Å². The Morgan fingerprint density at radius 3 is 2.77 bits per heavy atom. The summed E-state index contributed by atoms with van der Waals surface area (Å²) in [6.07, 6.45) is 6.01. The van der Waals surface area contributed by atoms with Gasteiger partial charge in [0.1, 0.15) is 5.52 Å². The van der Waals surface area contributed by atoms with Gasteiger partial charge >= 0.3 is 6.61 Å². The highest BCUT2D eigenvalue weighted by molar-refractivity contribution is 5.87. The zero-order chi connectivity index (χ0) is 20.7. The SMILES string of the molecule is Cn1nnc2ccc(-c3ccn4nc(N[C@H]5CC[C@H](OC(F)F)CC5)ncc34)cc21. The molecule has 1 aromatic carbocycles. The summed E-state index contributed by atoms with van der Waals surface area (Å²) in [6.45, 7) is -2.71. The lowest BCUT2D eigenvalue weighted by Crippen LogP contribution is -2.31. The van der Waals surface area contributed by atoms with Gasteiger partial charge in [0.05, 0.1) is 23.3 Å². The van der Waals surface area contributed by atoms with Crippen LogP contribution in [0.2, 0.25) is 0 Å². The lowest BCUT2D eigenvalue weighted by atomic mass is 9.93. The van der Waals surface area contributed by atoms with Crippen molar-refractivity contribution in [2.45, 2.75) is 44.4 Å². The van der Waals surface area contributed by atoms with E-state index in [1.807, 2.05) is 31.4 Å². The maximum Gasteiger partial charge on any atom is 0.345 e. The molecule has 1 aliphatic rings. The first kappa shape index (κ1) is 18.9. The molecule has 1 aliphatic carbocycles. The van der Waals surface area contributed by atoms with Crippen LogP contribution in [-0.2, 0) is 11.8 Å². The molecule has 1 N–H and O–H groups in total. The Hall–Kier alpha value is -3.14. The minimum Gasteiger partial charge on any atom is -0.350 e. The van der Waals surface area contributed by atoms with E-state index in [0.717, 1.165) is 40.5 Å². The third-order valence-electron chi connectivity index (χ3n) is 5.64. The first-order chi connectivity index (χ1) is 14.6. The summed E-state index contributed by atoms with van der Waals surface area (Å²) in [5, 5.41) is 16.1. The third kappa shape index (κ3) is 3.58. The molecule has 0 aliphatic heterocycles. The average molecular weight is 413 g/mol. The number of anilines is 1. The molecule has 1 fully saturated rings. The van der Waals surface area contributed by atoms with Crippen LogP contribution in [0.1, 0.15) is 25.7 Å². The van der Waals surface area contributed by atoms with Gasteiger partial charge in [0.2, 0.25) is 5.95 Å². The van der Waals surface area contributed by atoms with Crippen molar-refractivity contribution >= 4 is 22.5 Å². The fraction of sp³-hybridized carbons (Fsp3) is 0.400. The molecule has 0 spiro atoms. The summed E-state index contributed by atoms with van der Waals surface area (Å²) < 4.78 is 32.9. The Bertz CT molecular complexity index is 1180. The topological polar surface area (TPSA) is 82.2 Å². The molecule has 3 heterocycles. The molecule has 0 bridgehead atoms. The fourth-order valence-corrected chi connectivity index (χ4v) is 4.08. The molecule has 4 aromatic rings. The summed E-state index contributed by atoms with van der Waals surface area (Å²) in [7, 11) is 1.87. The molecule has 0 amide bonds. The predicted molar refractivity (Wildman–Crippen MR) is 107 cm³/mol. The van der Waals surface area contributed by atoms with Crippen molar-refractivity contribution in [3.8, 4) is 11.1 Å². The monoisotopic (exact) mass is 413 g/mol. The second kappa shape index (κ2) is 7.60. The molecule has 30 heavy (non-hydrogen) atoms. The van der Waals surface area contributed by atoms with Crippen LogP contribution in [-0.4, -0.2) is 48.3 Å². The van der Waals surface area contributed by atoms with Crippen molar-refractivity contribution in [2.24, 2.45) is 7.05 Å². The zero-order valence-electron chi connectivity index (χ0n) is 16.4. The van der Waals surface area contributed by atoms with Gasteiger partial charge in [0.25, 0.3) is 0 Å². The molecular formula is C20H21F2N7O. The van der Waals surface area contributed by atoms with Gasteiger partial charge in [-0.2, -0.15) is 8.78 Å². The lowest BCUT2D eigenvalue weighted by Gasteiger charge is -2.28.